The van der Waals surface area contributed by atoms with Crippen LogP contribution in [0.1, 0.15) is 0 Å². The van der Waals surface area contributed by atoms with Crippen LogP contribution in [0.15, 0.2) is 60.7 Å². The Hall–Kier alpha value is -2.62. The second kappa shape index (κ2) is 5.64. The van der Waals surface area contributed by atoms with Crippen molar-refractivity contribution in [2.45, 2.75) is 0 Å². The Balaban J connectivity index is 1.50. The van der Waals surface area contributed by atoms with E-state index in [-0.39, 0.29) is 0 Å². The van der Waals surface area contributed by atoms with Gasteiger partial charge in [0.1, 0.15) is 0 Å². The van der Waals surface area contributed by atoms with Gasteiger partial charge in [0.25, 0.3) is 0 Å². The highest BCUT2D eigenvalue weighted by atomic mass is 15.3. The van der Waals surface area contributed by atoms with Crippen LogP contribution in [0.3, 0.4) is 0 Å². The predicted octanol–water partition coefficient (Wildman–Crippen LogP) is 2.91. The lowest BCUT2D eigenvalue weighted by atomic mass is 10.2. The van der Waals surface area contributed by atoms with Crippen LogP contribution in [0, 0.1) is 0 Å². The third-order valence-electron chi connectivity index (χ3n) is 4.12. The molecule has 3 aliphatic rings. The lowest BCUT2D eigenvalue weighted by Gasteiger charge is -2.35. The summed E-state index contributed by atoms with van der Waals surface area (Å²) >= 11 is 0. The summed E-state index contributed by atoms with van der Waals surface area (Å²) in [6, 6.07) is 20.6. The Kier molecular flexibility index (Phi) is 3.35. The quantitative estimate of drug-likeness (QED) is 0.726. The van der Waals surface area contributed by atoms with Crippen molar-refractivity contribution in [2.24, 2.45) is 0 Å². The van der Waals surface area contributed by atoms with Gasteiger partial charge in [0.15, 0.2) is 0 Å². The minimum absolute atomic E-state index is 0.855. The van der Waals surface area contributed by atoms with E-state index in [9.17, 15) is 0 Å². The molecule has 22 heavy (non-hydrogen) atoms. The molecule has 0 bridgehead atoms. The Labute approximate surface area is 130 Å². The van der Waals surface area contributed by atoms with E-state index in [1.54, 1.807) is 0 Å². The predicted molar refractivity (Wildman–Crippen MR) is 89.5 cm³/mol. The smallest absolute Gasteiger partial charge is 0.226 e. The molecule has 0 atom stereocenters. The van der Waals surface area contributed by atoms with Crippen molar-refractivity contribution in [2.75, 3.05) is 36.0 Å². The number of rotatable bonds is 2. The fraction of sp³-hybridized carbons (Fsp3) is 0.222. The van der Waals surface area contributed by atoms with Crippen molar-refractivity contribution < 1.29 is 0 Å². The van der Waals surface area contributed by atoms with E-state index < -0.39 is 0 Å². The molecular weight excluding hydrogens is 272 g/mol. The molecule has 0 amide bonds. The molecule has 4 rings (SSSR count). The summed E-state index contributed by atoms with van der Waals surface area (Å²) in [6.07, 6.45) is 0. The number of piperazine rings is 1. The first-order valence-electron chi connectivity index (χ1n) is 7.68. The average Bonchev–Trinajstić information content (AvgIpc) is 2.87. The van der Waals surface area contributed by atoms with E-state index in [2.05, 4.69) is 50.1 Å². The highest BCUT2D eigenvalue weighted by Crippen LogP contribution is 2.23. The molecular formula is C18H18N4. The SMILES string of the molecule is c1ccc(N2CCN(c3nc4cccccc-4n3)CC2)cc1. The summed E-state index contributed by atoms with van der Waals surface area (Å²) in [5.41, 5.74) is 3.22. The second-order valence-electron chi connectivity index (χ2n) is 5.51. The number of nitrogens with zero attached hydrogens (tertiary/aromatic N) is 4. The first-order chi connectivity index (χ1) is 10.9. The van der Waals surface area contributed by atoms with Crippen molar-refractivity contribution in [3.05, 3.63) is 60.7 Å². The van der Waals surface area contributed by atoms with Crippen LogP contribution >= 0.6 is 0 Å². The van der Waals surface area contributed by atoms with Crippen LogP contribution in [0.2, 0.25) is 0 Å². The van der Waals surface area contributed by atoms with Crippen LogP contribution < -0.4 is 9.80 Å². The summed E-state index contributed by atoms with van der Waals surface area (Å²) in [4.78, 5) is 14.0. The van der Waals surface area contributed by atoms with Crippen LogP contribution in [0.5, 0.6) is 0 Å². The van der Waals surface area contributed by atoms with Crippen molar-refractivity contribution in [1.82, 2.24) is 9.97 Å². The number of hydrogen-bond acceptors (Lipinski definition) is 4. The molecule has 1 saturated heterocycles. The van der Waals surface area contributed by atoms with E-state index in [0.717, 1.165) is 43.5 Å². The van der Waals surface area contributed by atoms with Gasteiger partial charge in [-0.3, -0.25) is 0 Å². The van der Waals surface area contributed by atoms with E-state index in [4.69, 9.17) is 0 Å². The molecule has 1 aromatic rings. The molecule has 110 valence electrons. The lowest BCUT2D eigenvalue weighted by molar-refractivity contribution is 0.643. The van der Waals surface area contributed by atoms with Crippen molar-refractivity contribution in [1.29, 1.82) is 0 Å². The van der Waals surface area contributed by atoms with Crippen LogP contribution in [0.4, 0.5) is 11.6 Å². The number of aromatic nitrogens is 2. The molecule has 1 fully saturated rings. The Bertz CT molecular complexity index is 689. The molecule has 0 spiro atoms. The zero-order chi connectivity index (χ0) is 14.8. The maximum Gasteiger partial charge on any atom is 0.226 e. The molecule has 0 unspecified atom stereocenters. The largest absolute Gasteiger partial charge is 0.368 e. The molecule has 0 aromatic heterocycles. The number of hydrogen-bond donors (Lipinski definition) is 0. The average molecular weight is 290 g/mol. The number of benzene rings is 1. The molecule has 1 aliphatic carbocycles. The fourth-order valence-corrected chi connectivity index (χ4v) is 2.90. The van der Waals surface area contributed by atoms with Gasteiger partial charge < -0.3 is 9.80 Å². The highest BCUT2D eigenvalue weighted by Gasteiger charge is 2.21. The molecule has 2 heterocycles. The fourth-order valence-electron chi connectivity index (χ4n) is 2.90. The molecule has 4 nitrogen and oxygen atoms in total. The summed E-state index contributed by atoms with van der Waals surface area (Å²) in [6.45, 7) is 3.92. The monoisotopic (exact) mass is 290 g/mol. The molecule has 0 saturated carbocycles. The third kappa shape index (κ3) is 2.48. The van der Waals surface area contributed by atoms with Crippen molar-refractivity contribution in [3.8, 4) is 11.4 Å². The van der Waals surface area contributed by atoms with Gasteiger partial charge in [-0.25, -0.2) is 9.97 Å². The van der Waals surface area contributed by atoms with Gasteiger partial charge >= 0.3 is 0 Å². The number of fused-ring (bicyclic) bond motifs is 1. The lowest BCUT2D eigenvalue weighted by Crippen LogP contribution is -2.46. The van der Waals surface area contributed by atoms with Crippen LogP contribution in [-0.2, 0) is 0 Å². The van der Waals surface area contributed by atoms with E-state index in [1.807, 2.05) is 30.3 Å². The molecule has 0 N–H and O–H groups in total. The van der Waals surface area contributed by atoms with Crippen LogP contribution in [-0.4, -0.2) is 36.1 Å². The normalized spacial score (nSPS) is 15.3. The number of anilines is 2. The first-order valence-corrected chi connectivity index (χ1v) is 7.68. The summed E-state index contributed by atoms with van der Waals surface area (Å²) < 4.78 is 0. The zero-order valence-electron chi connectivity index (χ0n) is 12.4. The van der Waals surface area contributed by atoms with Crippen LogP contribution in [0.25, 0.3) is 11.4 Å². The van der Waals surface area contributed by atoms with Gasteiger partial charge in [0.05, 0.1) is 11.4 Å². The van der Waals surface area contributed by atoms with Gasteiger partial charge in [0.2, 0.25) is 5.95 Å². The van der Waals surface area contributed by atoms with Gasteiger partial charge in [-0.15, -0.1) is 0 Å². The Morgan fingerprint density at radius 2 is 1.09 bits per heavy atom. The van der Waals surface area contributed by atoms with Gasteiger partial charge in [-0.05, 0) is 24.3 Å². The Morgan fingerprint density at radius 3 is 1.68 bits per heavy atom. The van der Waals surface area contributed by atoms with Gasteiger partial charge in [-0.1, -0.05) is 36.4 Å². The highest BCUT2D eigenvalue weighted by molar-refractivity contribution is 5.60. The maximum atomic E-state index is 4.67. The van der Waals surface area contributed by atoms with E-state index in [0.29, 0.717) is 0 Å². The van der Waals surface area contributed by atoms with Crippen molar-refractivity contribution in [3.63, 3.8) is 0 Å². The topological polar surface area (TPSA) is 32.3 Å². The summed E-state index contributed by atoms with van der Waals surface area (Å²) in [7, 11) is 0. The van der Waals surface area contributed by atoms with Gasteiger partial charge in [-0.2, -0.15) is 0 Å². The minimum atomic E-state index is 0.855. The minimum Gasteiger partial charge on any atom is -0.368 e. The Morgan fingerprint density at radius 1 is 0.591 bits per heavy atom. The maximum absolute atomic E-state index is 4.67. The zero-order valence-corrected chi connectivity index (χ0v) is 12.4. The third-order valence-corrected chi connectivity index (χ3v) is 4.12. The molecule has 1 aromatic carbocycles. The van der Waals surface area contributed by atoms with Gasteiger partial charge in [0, 0.05) is 31.9 Å². The number of para-hydroxylation sites is 1. The second-order valence-corrected chi connectivity index (χ2v) is 5.51. The van der Waals surface area contributed by atoms with Crippen molar-refractivity contribution >= 4 is 11.6 Å². The van der Waals surface area contributed by atoms with E-state index >= 15 is 0 Å². The molecule has 2 aliphatic heterocycles. The summed E-state index contributed by atoms with van der Waals surface area (Å²) in [5, 5.41) is 0. The molecule has 4 heteroatoms. The van der Waals surface area contributed by atoms with E-state index in [1.165, 1.54) is 5.69 Å². The first kappa shape index (κ1) is 13.1. The summed E-state index contributed by atoms with van der Waals surface area (Å²) in [5.74, 6) is 0.855. The number of imidazole rings is 1. The standard InChI is InChI=1S/C18H18N4/c1-3-7-15(8-4-1)21-11-13-22(14-12-21)18-19-16-9-5-2-6-10-17(16)20-18/h1-10H,11-14H2. The molecule has 0 radical (unpaired) electrons.